The van der Waals surface area contributed by atoms with Gasteiger partial charge < -0.3 is 10.2 Å². The van der Waals surface area contributed by atoms with E-state index in [9.17, 15) is 9.59 Å². The molecule has 0 radical (unpaired) electrons. The average Bonchev–Trinajstić information content (AvgIpc) is 3.03. The number of thiazole rings is 1. The lowest BCUT2D eigenvalue weighted by atomic mass is 10.3. The number of para-hydroxylation sites is 1. The van der Waals surface area contributed by atoms with Crippen molar-refractivity contribution >= 4 is 33.5 Å². The number of imide groups is 1. The van der Waals surface area contributed by atoms with E-state index in [4.69, 9.17) is 0 Å². The predicted octanol–water partition coefficient (Wildman–Crippen LogP) is -0.137. The number of carbonyl (C=O) groups is 2. The Labute approximate surface area is 126 Å². The summed E-state index contributed by atoms with van der Waals surface area (Å²) in [7, 11) is 1.94. The molecule has 0 bridgehead atoms. The van der Waals surface area contributed by atoms with Gasteiger partial charge in [0, 0.05) is 13.1 Å². The first-order valence-corrected chi connectivity index (χ1v) is 7.69. The maximum atomic E-state index is 12.1. The number of nitrogens with one attached hydrogen (secondary N) is 2. The summed E-state index contributed by atoms with van der Waals surface area (Å²) in [5.74, 6) is -0.136. The Morgan fingerprint density at radius 3 is 3.00 bits per heavy atom. The quantitative estimate of drug-likeness (QED) is 0.826. The van der Waals surface area contributed by atoms with Gasteiger partial charge in [0.25, 0.3) is 5.91 Å². The van der Waals surface area contributed by atoms with Crippen molar-refractivity contribution in [3.8, 4) is 0 Å². The van der Waals surface area contributed by atoms with Crippen molar-refractivity contribution in [2.45, 2.75) is 6.54 Å². The third-order valence-electron chi connectivity index (χ3n) is 3.40. The topological polar surface area (TPSA) is 66.7 Å². The van der Waals surface area contributed by atoms with E-state index in [1.54, 1.807) is 11.3 Å². The van der Waals surface area contributed by atoms with Crippen molar-refractivity contribution in [2.75, 3.05) is 26.7 Å². The first-order valence-electron chi connectivity index (χ1n) is 6.87. The van der Waals surface area contributed by atoms with Crippen molar-refractivity contribution in [1.82, 2.24) is 15.2 Å². The second kappa shape index (κ2) is 5.79. The number of urea groups is 1. The summed E-state index contributed by atoms with van der Waals surface area (Å²) < 4.78 is 1.16. The number of nitrogens with zero attached hydrogens (tertiary/aromatic N) is 2. The summed E-state index contributed by atoms with van der Waals surface area (Å²) in [6, 6.07) is 7.72. The van der Waals surface area contributed by atoms with Crippen LogP contribution in [0.15, 0.2) is 24.3 Å². The molecule has 1 atom stereocenters. The molecule has 7 heteroatoms. The molecule has 1 aromatic heterocycles. The minimum absolute atomic E-state index is 0.136. The fraction of sp³-hybridized carbons (Fsp3) is 0.357. The molecule has 2 aromatic rings. The molecule has 1 aliphatic heterocycles. The monoisotopic (exact) mass is 305 g/mol. The molecule has 3 amide bonds. The molecule has 2 N–H and O–H groups in total. The van der Waals surface area contributed by atoms with Gasteiger partial charge in [0.2, 0.25) is 0 Å². The normalized spacial score (nSPS) is 16.2. The zero-order chi connectivity index (χ0) is 14.8. The van der Waals surface area contributed by atoms with E-state index in [0.717, 1.165) is 20.1 Å². The van der Waals surface area contributed by atoms with Crippen LogP contribution in [0.2, 0.25) is 0 Å². The Bertz CT molecular complexity index is 651. The summed E-state index contributed by atoms with van der Waals surface area (Å²) in [6.07, 6.45) is 0. The first kappa shape index (κ1) is 14.0. The van der Waals surface area contributed by atoms with Gasteiger partial charge in [0.1, 0.15) is 11.6 Å². The fourth-order valence-corrected chi connectivity index (χ4v) is 3.46. The molecule has 0 saturated carbocycles. The van der Waals surface area contributed by atoms with Gasteiger partial charge >= 0.3 is 6.03 Å². The third-order valence-corrected chi connectivity index (χ3v) is 4.44. The van der Waals surface area contributed by atoms with E-state index in [2.05, 4.69) is 10.3 Å². The predicted molar refractivity (Wildman–Crippen MR) is 80.2 cm³/mol. The Kier molecular flexibility index (Phi) is 3.85. The van der Waals surface area contributed by atoms with Crippen molar-refractivity contribution in [2.24, 2.45) is 0 Å². The summed E-state index contributed by atoms with van der Waals surface area (Å²) >= 11 is 1.65. The van der Waals surface area contributed by atoms with Gasteiger partial charge in [-0.05, 0) is 12.1 Å². The highest BCUT2D eigenvalue weighted by Gasteiger charge is 2.28. The number of fused-ring (bicyclic) bond motifs is 1. The molecule has 2 heterocycles. The molecule has 1 fully saturated rings. The van der Waals surface area contributed by atoms with Crippen LogP contribution in [-0.2, 0) is 11.3 Å². The van der Waals surface area contributed by atoms with Crippen LogP contribution in [0.5, 0.6) is 0 Å². The number of carbonyl (C=O) groups excluding carboxylic acids is 2. The molecule has 1 unspecified atom stereocenters. The van der Waals surface area contributed by atoms with Crippen molar-refractivity contribution < 1.29 is 14.5 Å². The van der Waals surface area contributed by atoms with E-state index >= 15 is 0 Å². The maximum Gasteiger partial charge on any atom is 0.324 e. The van der Waals surface area contributed by atoms with Crippen LogP contribution in [-0.4, -0.2) is 48.5 Å². The average molecular weight is 305 g/mol. The van der Waals surface area contributed by atoms with Crippen molar-refractivity contribution in [3.05, 3.63) is 29.3 Å². The minimum Gasteiger partial charge on any atom is -0.336 e. The molecule has 6 nitrogen and oxygen atoms in total. The second-order valence-corrected chi connectivity index (χ2v) is 6.28. The number of hydrogen-bond acceptors (Lipinski definition) is 4. The lowest BCUT2D eigenvalue weighted by molar-refractivity contribution is -0.885. The Morgan fingerprint density at radius 2 is 2.29 bits per heavy atom. The number of rotatable bonds is 4. The van der Waals surface area contributed by atoms with Crippen LogP contribution in [0.3, 0.4) is 0 Å². The molecular weight excluding hydrogens is 288 g/mol. The third kappa shape index (κ3) is 3.03. The van der Waals surface area contributed by atoms with Gasteiger partial charge in [-0.2, -0.15) is 0 Å². The van der Waals surface area contributed by atoms with Gasteiger partial charge in [-0.3, -0.25) is 9.69 Å². The molecule has 1 aliphatic rings. The highest BCUT2D eigenvalue weighted by atomic mass is 32.1. The number of quaternary nitrogens is 1. The van der Waals surface area contributed by atoms with Crippen molar-refractivity contribution in [3.63, 3.8) is 0 Å². The van der Waals surface area contributed by atoms with Gasteiger partial charge in [-0.15, -0.1) is 11.3 Å². The number of amides is 3. The summed E-state index contributed by atoms with van der Waals surface area (Å²) in [5, 5.41) is 3.64. The molecule has 0 spiro atoms. The fourth-order valence-electron chi connectivity index (χ4n) is 2.38. The van der Waals surface area contributed by atoms with E-state index < -0.39 is 0 Å². The molecule has 1 saturated heterocycles. The Morgan fingerprint density at radius 1 is 1.48 bits per heavy atom. The summed E-state index contributed by atoms with van der Waals surface area (Å²) in [5.41, 5.74) is 0.996. The van der Waals surface area contributed by atoms with E-state index in [1.807, 2.05) is 31.3 Å². The summed E-state index contributed by atoms with van der Waals surface area (Å²) in [4.78, 5) is 30.4. The second-order valence-electron chi connectivity index (χ2n) is 5.16. The molecule has 3 rings (SSSR count). The highest BCUT2D eigenvalue weighted by Crippen LogP contribution is 2.20. The maximum absolute atomic E-state index is 12.1. The standard InChI is InChI=1S/C14H16N4O2S/c1-17(9-13(19)18-7-6-15-14(18)20)8-12-16-10-4-2-3-5-11(10)21-12/h2-5H,6-9H2,1H3,(H,15,20)/p+1. The number of aromatic nitrogens is 1. The van der Waals surface area contributed by atoms with E-state index in [1.165, 1.54) is 4.90 Å². The molecular formula is C14H17N4O2S+. The van der Waals surface area contributed by atoms with Crippen LogP contribution in [0.4, 0.5) is 4.79 Å². The zero-order valence-corrected chi connectivity index (χ0v) is 12.6. The lowest BCUT2D eigenvalue weighted by Gasteiger charge is -2.16. The highest BCUT2D eigenvalue weighted by molar-refractivity contribution is 7.18. The minimum atomic E-state index is -0.284. The van der Waals surface area contributed by atoms with E-state index in [-0.39, 0.29) is 11.9 Å². The van der Waals surface area contributed by atoms with Gasteiger partial charge in [0.05, 0.1) is 17.3 Å². The molecule has 110 valence electrons. The smallest absolute Gasteiger partial charge is 0.324 e. The van der Waals surface area contributed by atoms with Crippen LogP contribution in [0.25, 0.3) is 10.2 Å². The van der Waals surface area contributed by atoms with Crippen LogP contribution in [0.1, 0.15) is 5.01 Å². The van der Waals surface area contributed by atoms with Gasteiger partial charge in [-0.1, -0.05) is 12.1 Å². The largest absolute Gasteiger partial charge is 0.336 e. The number of hydrogen-bond donors (Lipinski definition) is 2. The molecule has 1 aromatic carbocycles. The SMILES string of the molecule is C[NH+](CC(=O)N1CCNC1=O)Cc1nc2ccccc2s1. The van der Waals surface area contributed by atoms with Crippen molar-refractivity contribution in [1.29, 1.82) is 0 Å². The molecule has 21 heavy (non-hydrogen) atoms. The summed E-state index contributed by atoms with van der Waals surface area (Å²) in [6.45, 7) is 1.98. The Hall–Kier alpha value is -1.99. The van der Waals surface area contributed by atoms with Crippen LogP contribution < -0.4 is 10.2 Å². The van der Waals surface area contributed by atoms with E-state index in [0.29, 0.717) is 26.2 Å². The number of benzene rings is 1. The number of likely N-dealkylation sites (N-methyl/N-ethyl adjacent to an activating group) is 1. The zero-order valence-electron chi connectivity index (χ0n) is 11.8. The van der Waals surface area contributed by atoms with Crippen LogP contribution in [0, 0.1) is 0 Å². The lowest BCUT2D eigenvalue weighted by Crippen LogP contribution is -3.08. The van der Waals surface area contributed by atoms with Gasteiger partial charge in [-0.25, -0.2) is 9.78 Å². The van der Waals surface area contributed by atoms with Crippen LogP contribution >= 0.6 is 11.3 Å². The Balaban J connectivity index is 1.62. The first-order chi connectivity index (χ1) is 10.1. The van der Waals surface area contributed by atoms with Gasteiger partial charge in [0.15, 0.2) is 6.54 Å². The molecule has 0 aliphatic carbocycles.